The highest BCUT2D eigenvalue weighted by Crippen LogP contribution is 2.26. The van der Waals surface area contributed by atoms with Crippen molar-refractivity contribution in [3.8, 4) is 0 Å². The minimum atomic E-state index is -1.08. The van der Waals surface area contributed by atoms with Gasteiger partial charge in [-0.1, -0.05) is 43.8 Å². The van der Waals surface area contributed by atoms with Gasteiger partial charge in [0.2, 0.25) is 5.91 Å². The van der Waals surface area contributed by atoms with Crippen molar-refractivity contribution in [2.45, 2.75) is 38.5 Å². The maximum Gasteiger partial charge on any atom is 0.335 e. The van der Waals surface area contributed by atoms with Crippen molar-refractivity contribution in [2.24, 2.45) is 5.92 Å². The fraction of sp³-hybridized carbons (Fsp3) is 0.292. The number of nitrogens with one attached hydrogen (secondary N) is 2. The zero-order chi connectivity index (χ0) is 25.5. The van der Waals surface area contributed by atoms with Crippen LogP contribution in [-0.2, 0) is 11.3 Å². The topological polar surface area (TPSA) is 126 Å². The lowest BCUT2D eigenvalue weighted by Gasteiger charge is -2.22. The number of hydrogen-bond donors (Lipinski definition) is 3. The number of aromatic nitrogens is 3. The first-order valence-corrected chi connectivity index (χ1v) is 11.9. The minimum Gasteiger partial charge on any atom is -0.478 e. The van der Waals surface area contributed by atoms with Crippen LogP contribution in [0, 0.1) is 11.7 Å². The highest BCUT2D eigenvalue weighted by atomic mass is 32.2. The third kappa shape index (κ3) is 6.44. The van der Waals surface area contributed by atoms with E-state index in [0.717, 1.165) is 0 Å². The predicted molar refractivity (Wildman–Crippen MR) is 130 cm³/mol. The Kier molecular flexibility index (Phi) is 8.58. The van der Waals surface area contributed by atoms with Crippen LogP contribution in [0.5, 0.6) is 0 Å². The van der Waals surface area contributed by atoms with Crippen LogP contribution in [0.2, 0.25) is 0 Å². The Hall–Kier alpha value is -3.73. The van der Waals surface area contributed by atoms with Gasteiger partial charge >= 0.3 is 5.97 Å². The summed E-state index contributed by atoms with van der Waals surface area (Å²) in [4.78, 5) is 36.2. The van der Waals surface area contributed by atoms with Gasteiger partial charge in [0, 0.05) is 12.2 Å². The zero-order valence-corrected chi connectivity index (χ0v) is 20.3. The summed E-state index contributed by atoms with van der Waals surface area (Å²) in [6.45, 7) is 6.20. The molecular formula is C24H26FN5O4S. The van der Waals surface area contributed by atoms with Crippen molar-refractivity contribution in [1.82, 2.24) is 20.1 Å². The fourth-order valence-electron chi connectivity index (χ4n) is 3.38. The van der Waals surface area contributed by atoms with E-state index in [1.165, 1.54) is 42.1 Å². The number of halogens is 1. The molecule has 0 radical (unpaired) electrons. The smallest absolute Gasteiger partial charge is 0.335 e. The van der Waals surface area contributed by atoms with Gasteiger partial charge in [-0.3, -0.25) is 9.59 Å². The number of carbonyl (C=O) groups is 3. The summed E-state index contributed by atoms with van der Waals surface area (Å²) in [5, 5.41) is 23.6. The highest BCUT2D eigenvalue weighted by molar-refractivity contribution is 7.99. The maximum absolute atomic E-state index is 14.1. The average molecular weight is 500 g/mol. The molecule has 35 heavy (non-hydrogen) atoms. The van der Waals surface area contributed by atoms with Crippen LogP contribution in [0.3, 0.4) is 0 Å². The summed E-state index contributed by atoms with van der Waals surface area (Å²) >= 11 is 1.17. The van der Waals surface area contributed by atoms with Gasteiger partial charge in [0.15, 0.2) is 11.0 Å². The number of amides is 2. The number of nitrogens with zero attached hydrogens (tertiary/aromatic N) is 3. The molecule has 0 aliphatic heterocycles. The molecule has 0 aliphatic carbocycles. The molecule has 184 valence electrons. The van der Waals surface area contributed by atoms with E-state index >= 15 is 0 Å². The van der Waals surface area contributed by atoms with Gasteiger partial charge in [0.25, 0.3) is 5.91 Å². The van der Waals surface area contributed by atoms with Crippen molar-refractivity contribution in [2.75, 3.05) is 11.1 Å². The van der Waals surface area contributed by atoms with Crippen molar-refractivity contribution >= 4 is 35.2 Å². The molecule has 1 aromatic heterocycles. The number of thioether (sulfide) groups is 1. The van der Waals surface area contributed by atoms with Gasteiger partial charge in [0.05, 0.1) is 22.9 Å². The van der Waals surface area contributed by atoms with Crippen LogP contribution in [0.15, 0.2) is 53.7 Å². The van der Waals surface area contributed by atoms with E-state index in [4.69, 9.17) is 5.11 Å². The Bertz CT molecular complexity index is 1230. The zero-order valence-electron chi connectivity index (χ0n) is 19.5. The summed E-state index contributed by atoms with van der Waals surface area (Å²) in [7, 11) is 0. The Morgan fingerprint density at radius 1 is 1.11 bits per heavy atom. The standard InChI is InChI=1S/C24H26FN5O4S/c1-4-30-21(20(14(2)3)27-22(32)17-10-5-6-11-18(17)25)28-29-24(30)35-13-19(31)26-16-9-7-8-15(12-16)23(33)34/h5-12,14,20H,4,13H2,1-3H3,(H,26,31)(H,27,32)(H,33,34)/t20-/m0/s1. The van der Waals surface area contributed by atoms with Crippen LogP contribution in [-0.4, -0.2) is 43.4 Å². The van der Waals surface area contributed by atoms with E-state index in [1.54, 1.807) is 22.8 Å². The maximum atomic E-state index is 14.1. The summed E-state index contributed by atoms with van der Waals surface area (Å²) in [6, 6.07) is 11.2. The quantitative estimate of drug-likeness (QED) is 0.360. The lowest BCUT2D eigenvalue weighted by Crippen LogP contribution is -2.34. The minimum absolute atomic E-state index is 0.0172. The predicted octanol–water partition coefficient (Wildman–Crippen LogP) is 3.99. The third-order valence-electron chi connectivity index (χ3n) is 5.14. The largest absolute Gasteiger partial charge is 0.478 e. The third-order valence-corrected chi connectivity index (χ3v) is 6.10. The van der Waals surface area contributed by atoms with Gasteiger partial charge in [0.1, 0.15) is 5.82 Å². The van der Waals surface area contributed by atoms with Crippen LogP contribution >= 0.6 is 11.8 Å². The Labute approximate surface area is 206 Å². The Morgan fingerprint density at radius 2 is 1.86 bits per heavy atom. The van der Waals surface area contributed by atoms with Crippen molar-refractivity contribution in [1.29, 1.82) is 0 Å². The molecule has 3 N–H and O–H groups in total. The van der Waals surface area contributed by atoms with Crippen LogP contribution in [0.25, 0.3) is 0 Å². The molecule has 0 saturated carbocycles. The molecule has 3 rings (SSSR count). The lowest BCUT2D eigenvalue weighted by molar-refractivity contribution is -0.113. The molecule has 0 fully saturated rings. The van der Waals surface area contributed by atoms with E-state index in [2.05, 4.69) is 20.8 Å². The number of carbonyl (C=O) groups excluding carboxylic acids is 2. The van der Waals surface area contributed by atoms with Gasteiger partial charge < -0.3 is 20.3 Å². The number of carboxylic acid groups (broad SMARTS) is 1. The molecule has 9 nitrogen and oxygen atoms in total. The second-order valence-electron chi connectivity index (χ2n) is 7.98. The van der Waals surface area contributed by atoms with Crippen molar-refractivity contribution in [3.63, 3.8) is 0 Å². The first kappa shape index (κ1) is 25.9. The molecule has 0 saturated heterocycles. The van der Waals surface area contributed by atoms with Gasteiger partial charge in [-0.15, -0.1) is 10.2 Å². The second kappa shape index (κ2) is 11.6. The van der Waals surface area contributed by atoms with E-state index < -0.39 is 23.7 Å². The number of hydrogen-bond acceptors (Lipinski definition) is 6. The van der Waals surface area contributed by atoms with E-state index in [1.807, 2.05) is 20.8 Å². The van der Waals surface area contributed by atoms with E-state index in [9.17, 15) is 18.8 Å². The number of aromatic carboxylic acids is 1. The lowest BCUT2D eigenvalue weighted by atomic mass is 10.0. The van der Waals surface area contributed by atoms with Crippen molar-refractivity contribution < 1.29 is 23.9 Å². The van der Waals surface area contributed by atoms with Crippen LogP contribution < -0.4 is 10.6 Å². The van der Waals surface area contributed by atoms with Gasteiger partial charge in [-0.05, 0) is 43.2 Å². The van der Waals surface area contributed by atoms with E-state index in [0.29, 0.717) is 23.2 Å². The molecule has 1 heterocycles. The highest BCUT2D eigenvalue weighted by Gasteiger charge is 2.27. The molecule has 0 unspecified atom stereocenters. The number of rotatable bonds is 10. The SMILES string of the molecule is CCn1c(SCC(=O)Nc2cccc(C(=O)O)c2)nnc1[C@@H](NC(=O)c1ccccc1F)C(C)C. The van der Waals surface area contributed by atoms with Gasteiger partial charge in [-0.2, -0.15) is 0 Å². The molecule has 2 aromatic carbocycles. The molecule has 2 amide bonds. The molecule has 11 heteroatoms. The first-order chi connectivity index (χ1) is 16.7. The average Bonchev–Trinajstić information content (AvgIpc) is 3.23. The fourth-order valence-corrected chi connectivity index (χ4v) is 4.19. The number of carboxylic acids is 1. The monoisotopic (exact) mass is 499 g/mol. The molecule has 3 aromatic rings. The number of anilines is 1. The van der Waals surface area contributed by atoms with Gasteiger partial charge in [-0.25, -0.2) is 9.18 Å². The summed E-state index contributed by atoms with van der Waals surface area (Å²) in [5.74, 6) is -2.13. The summed E-state index contributed by atoms with van der Waals surface area (Å²) < 4.78 is 15.9. The number of benzene rings is 2. The van der Waals surface area contributed by atoms with E-state index in [-0.39, 0.29) is 28.7 Å². The molecular weight excluding hydrogens is 473 g/mol. The Morgan fingerprint density at radius 3 is 2.51 bits per heavy atom. The summed E-state index contributed by atoms with van der Waals surface area (Å²) in [5.41, 5.74) is 0.394. The Balaban J connectivity index is 1.71. The first-order valence-electron chi connectivity index (χ1n) is 11.0. The molecule has 0 spiro atoms. The van der Waals surface area contributed by atoms with Crippen molar-refractivity contribution in [3.05, 3.63) is 71.3 Å². The van der Waals surface area contributed by atoms with Crippen LogP contribution in [0.1, 0.15) is 53.4 Å². The summed E-state index contributed by atoms with van der Waals surface area (Å²) in [6.07, 6.45) is 0. The normalized spacial score (nSPS) is 11.8. The molecule has 0 aliphatic rings. The molecule has 0 bridgehead atoms. The molecule has 1 atom stereocenters. The van der Waals surface area contributed by atoms with Crippen LogP contribution in [0.4, 0.5) is 10.1 Å². The second-order valence-corrected chi connectivity index (χ2v) is 8.93.